The van der Waals surface area contributed by atoms with Crippen molar-refractivity contribution < 1.29 is 8.42 Å². The van der Waals surface area contributed by atoms with E-state index in [1.807, 2.05) is 24.3 Å². The van der Waals surface area contributed by atoms with Crippen LogP contribution in [-0.2, 0) is 10.0 Å². The van der Waals surface area contributed by atoms with Crippen LogP contribution in [0.15, 0.2) is 76.4 Å². The van der Waals surface area contributed by atoms with E-state index < -0.39 is 10.0 Å². The Labute approximate surface area is 131 Å². The van der Waals surface area contributed by atoms with Gasteiger partial charge in [-0.15, -0.1) is 0 Å². The van der Waals surface area contributed by atoms with Crippen LogP contribution in [0.5, 0.6) is 0 Å². The largest absolute Gasteiger partial charge is 0.269 e. The van der Waals surface area contributed by atoms with Gasteiger partial charge in [0.05, 0.1) is 4.90 Å². The highest BCUT2D eigenvalue weighted by molar-refractivity contribution is 9.10. The number of aromatic nitrogens is 2. The fraction of sp³-hybridized carbons (Fsp3) is 0. The zero-order chi connectivity index (χ0) is 14.9. The molecule has 6 heteroatoms. The van der Waals surface area contributed by atoms with E-state index in [1.165, 1.54) is 16.4 Å². The quantitative estimate of drug-likeness (QED) is 0.715. The number of nitrogens with zero attached hydrogens (tertiary/aromatic N) is 2. The molecule has 0 aliphatic carbocycles. The normalized spacial score (nSPS) is 11.5. The summed E-state index contributed by atoms with van der Waals surface area (Å²) in [5, 5.41) is 0. The summed E-state index contributed by atoms with van der Waals surface area (Å²) in [5.41, 5.74) is 0.730. The minimum Gasteiger partial charge on any atom is -0.236 e. The lowest BCUT2D eigenvalue weighted by molar-refractivity contribution is 0.588. The summed E-state index contributed by atoms with van der Waals surface area (Å²) in [6.45, 7) is 0. The van der Waals surface area contributed by atoms with Crippen molar-refractivity contribution in [1.29, 1.82) is 0 Å². The van der Waals surface area contributed by atoms with E-state index in [9.17, 15) is 8.42 Å². The molecule has 0 amide bonds. The van der Waals surface area contributed by atoms with Crippen LogP contribution >= 0.6 is 15.9 Å². The molecule has 0 saturated carbocycles. The lowest BCUT2D eigenvalue weighted by Crippen LogP contribution is -2.13. The molecule has 3 aromatic rings. The van der Waals surface area contributed by atoms with Crippen molar-refractivity contribution in [2.45, 2.75) is 4.90 Å². The Bertz CT molecular complexity index is 873. The molecule has 21 heavy (non-hydrogen) atoms. The van der Waals surface area contributed by atoms with Gasteiger partial charge in [0.15, 0.2) is 5.82 Å². The van der Waals surface area contributed by atoms with E-state index in [4.69, 9.17) is 0 Å². The minimum absolute atomic E-state index is 0.235. The summed E-state index contributed by atoms with van der Waals surface area (Å²) in [6.07, 6.45) is 2.94. The third kappa shape index (κ3) is 2.64. The molecule has 0 spiro atoms. The average molecular weight is 363 g/mol. The van der Waals surface area contributed by atoms with E-state index in [-0.39, 0.29) is 4.90 Å². The van der Waals surface area contributed by atoms with Gasteiger partial charge in [-0.2, -0.15) is 0 Å². The molecule has 0 N–H and O–H groups in total. The van der Waals surface area contributed by atoms with Crippen LogP contribution in [0.25, 0.3) is 11.4 Å². The van der Waals surface area contributed by atoms with Crippen molar-refractivity contribution in [3.05, 3.63) is 71.5 Å². The first-order chi connectivity index (χ1) is 10.1. The molecule has 0 unspecified atom stereocenters. The van der Waals surface area contributed by atoms with Crippen LogP contribution in [0.1, 0.15) is 0 Å². The summed E-state index contributed by atoms with van der Waals surface area (Å²) >= 11 is 3.38. The molecule has 0 saturated heterocycles. The van der Waals surface area contributed by atoms with Crippen molar-refractivity contribution in [1.82, 2.24) is 8.96 Å². The standard InChI is InChI=1S/C15H11BrN2O2S/c16-13-6-4-5-12(11-13)15-17-9-10-18(15)21(19,20)14-7-2-1-3-8-14/h1-11H. The Balaban J connectivity index is 2.16. The van der Waals surface area contributed by atoms with Crippen LogP contribution in [0.4, 0.5) is 0 Å². The molecule has 1 heterocycles. The number of hydrogen-bond donors (Lipinski definition) is 0. The molecule has 2 aromatic carbocycles. The third-order valence-corrected chi connectivity index (χ3v) is 5.16. The van der Waals surface area contributed by atoms with Crippen molar-refractivity contribution in [3.8, 4) is 11.4 Å². The number of imidazole rings is 1. The molecule has 106 valence electrons. The topological polar surface area (TPSA) is 52.0 Å². The van der Waals surface area contributed by atoms with Gasteiger partial charge in [-0.1, -0.05) is 46.3 Å². The van der Waals surface area contributed by atoms with E-state index in [0.717, 1.165) is 10.0 Å². The maximum atomic E-state index is 12.7. The zero-order valence-corrected chi connectivity index (χ0v) is 13.3. The van der Waals surface area contributed by atoms with Gasteiger partial charge >= 0.3 is 0 Å². The van der Waals surface area contributed by atoms with Gasteiger partial charge in [-0.25, -0.2) is 17.4 Å². The number of halogens is 1. The van der Waals surface area contributed by atoms with Crippen molar-refractivity contribution in [3.63, 3.8) is 0 Å². The molecule has 1 aromatic heterocycles. The highest BCUT2D eigenvalue weighted by atomic mass is 79.9. The second-order valence-electron chi connectivity index (χ2n) is 4.38. The van der Waals surface area contributed by atoms with Crippen LogP contribution in [-0.4, -0.2) is 17.4 Å². The maximum Gasteiger partial charge on any atom is 0.269 e. The highest BCUT2D eigenvalue weighted by Crippen LogP contribution is 2.25. The summed E-state index contributed by atoms with van der Waals surface area (Å²) in [7, 11) is -3.65. The van der Waals surface area contributed by atoms with Gasteiger partial charge in [-0.3, -0.25) is 0 Å². The first-order valence-corrected chi connectivity index (χ1v) is 8.42. The van der Waals surface area contributed by atoms with Crippen LogP contribution in [0, 0.1) is 0 Å². The summed E-state index contributed by atoms with van der Waals surface area (Å²) < 4.78 is 27.4. The Morgan fingerprint density at radius 3 is 2.48 bits per heavy atom. The highest BCUT2D eigenvalue weighted by Gasteiger charge is 2.20. The molecular formula is C15H11BrN2O2S. The minimum atomic E-state index is -3.65. The zero-order valence-electron chi connectivity index (χ0n) is 10.8. The van der Waals surface area contributed by atoms with Crippen LogP contribution in [0.2, 0.25) is 0 Å². The predicted molar refractivity (Wildman–Crippen MR) is 84.4 cm³/mol. The first-order valence-electron chi connectivity index (χ1n) is 6.19. The third-order valence-electron chi connectivity index (χ3n) is 2.99. The summed E-state index contributed by atoms with van der Waals surface area (Å²) in [4.78, 5) is 4.42. The van der Waals surface area contributed by atoms with Crippen LogP contribution < -0.4 is 0 Å². The fourth-order valence-electron chi connectivity index (χ4n) is 2.02. The molecular weight excluding hydrogens is 352 g/mol. The molecule has 0 aliphatic heterocycles. The number of benzene rings is 2. The lowest BCUT2D eigenvalue weighted by Gasteiger charge is -2.09. The van der Waals surface area contributed by atoms with Crippen molar-refractivity contribution >= 4 is 26.0 Å². The average Bonchev–Trinajstić information content (AvgIpc) is 2.98. The van der Waals surface area contributed by atoms with E-state index in [1.54, 1.807) is 30.3 Å². The Kier molecular flexibility index (Phi) is 3.65. The monoisotopic (exact) mass is 362 g/mol. The molecule has 0 atom stereocenters. The summed E-state index contributed by atoms with van der Waals surface area (Å²) in [6, 6.07) is 15.7. The van der Waals surface area contributed by atoms with Gasteiger partial charge in [0.1, 0.15) is 0 Å². The Hall–Kier alpha value is -1.92. The first kappa shape index (κ1) is 14.0. The molecule has 0 aliphatic rings. The maximum absolute atomic E-state index is 12.7. The van der Waals surface area contributed by atoms with E-state index in [2.05, 4.69) is 20.9 Å². The molecule has 4 nitrogen and oxygen atoms in total. The van der Waals surface area contributed by atoms with E-state index >= 15 is 0 Å². The number of hydrogen-bond acceptors (Lipinski definition) is 3. The van der Waals surface area contributed by atoms with Gasteiger partial charge in [-0.05, 0) is 24.3 Å². The summed E-state index contributed by atoms with van der Waals surface area (Å²) in [5.74, 6) is 0.389. The molecule has 0 fully saturated rings. The van der Waals surface area contributed by atoms with Gasteiger partial charge in [0, 0.05) is 22.4 Å². The SMILES string of the molecule is O=S(=O)(c1ccccc1)n1ccnc1-c1cccc(Br)c1. The van der Waals surface area contributed by atoms with Gasteiger partial charge in [0.2, 0.25) is 0 Å². The Morgan fingerprint density at radius 2 is 1.76 bits per heavy atom. The van der Waals surface area contributed by atoms with E-state index in [0.29, 0.717) is 5.82 Å². The lowest BCUT2D eigenvalue weighted by atomic mass is 10.2. The molecule has 0 radical (unpaired) electrons. The molecule has 0 bridgehead atoms. The number of rotatable bonds is 3. The molecule has 3 rings (SSSR count). The predicted octanol–water partition coefficient (Wildman–Crippen LogP) is 3.55. The van der Waals surface area contributed by atoms with Gasteiger partial charge in [0.25, 0.3) is 10.0 Å². The fourth-order valence-corrected chi connectivity index (χ4v) is 3.74. The Morgan fingerprint density at radius 1 is 1.00 bits per heavy atom. The van der Waals surface area contributed by atoms with Gasteiger partial charge < -0.3 is 0 Å². The second-order valence-corrected chi connectivity index (χ2v) is 7.11. The van der Waals surface area contributed by atoms with Crippen molar-refractivity contribution in [2.24, 2.45) is 0 Å². The van der Waals surface area contributed by atoms with Crippen molar-refractivity contribution in [2.75, 3.05) is 0 Å². The second kappa shape index (κ2) is 5.46. The smallest absolute Gasteiger partial charge is 0.236 e. The van der Waals surface area contributed by atoms with Crippen LogP contribution in [0.3, 0.4) is 0 Å².